The average molecular weight is 418 g/mol. The zero-order valence-electron chi connectivity index (χ0n) is 13.6. The van der Waals surface area contributed by atoms with Gasteiger partial charge in [-0.25, -0.2) is 0 Å². The molecule has 8 heteroatoms. The monoisotopic (exact) mass is 417 g/mol. The predicted molar refractivity (Wildman–Crippen MR) is 94.8 cm³/mol. The molecule has 132 valence electrons. The van der Waals surface area contributed by atoms with Crippen molar-refractivity contribution in [1.29, 1.82) is 0 Å². The summed E-state index contributed by atoms with van der Waals surface area (Å²) in [6, 6.07) is 5.79. The Morgan fingerprint density at radius 1 is 1.25 bits per heavy atom. The molecule has 1 aromatic carbocycles. The number of carbonyl (C=O) groups excluding carboxylic acids is 3. The van der Waals surface area contributed by atoms with Crippen LogP contribution in [-0.2, 0) is 23.9 Å². The van der Waals surface area contributed by atoms with Gasteiger partial charge in [0.2, 0.25) is 0 Å². The van der Waals surface area contributed by atoms with Crippen molar-refractivity contribution in [2.75, 3.05) is 26.0 Å². The number of hydrogen-bond donors (Lipinski definition) is 1. The van der Waals surface area contributed by atoms with Crippen LogP contribution in [0.3, 0.4) is 0 Å². The van der Waals surface area contributed by atoms with Crippen LogP contribution in [0.25, 0.3) is 0 Å². The third-order valence-corrected chi connectivity index (χ3v) is 4.60. The largest absolute Gasteiger partial charge is 0.469 e. The molecule has 1 N–H and O–H groups in total. The second-order valence-electron chi connectivity index (χ2n) is 4.89. The Kier molecular flexibility index (Phi) is 9.48. The molecule has 1 rings (SSSR count). The van der Waals surface area contributed by atoms with Crippen molar-refractivity contribution >= 4 is 45.5 Å². The van der Waals surface area contributed by atoms with E-state index in [2.05, 4.69) is 26.0 Å². The first-order valence-electron chi connectivity index (χ1n) is 7.30. The van der Waals surface area contributed by atoms with Gasteiger partial charge in [-0.3, -0.25) is 14.4 Å². The Balaban J connectivity index is 2.19. The van der Waals surface area contributed by atoms with Gasteiger partial charge in [0.1, 0.15) is 0 Å². The molecule has 0 unspecified atom stereocenters. The number of thioether (sulfide) groups is 1. The molecule has 0 aromatic heterocycles. The summed E-state index contributed by atoms with van der Waals surface area (Å²) in [6.45, 7) is 1.97. The summed E-state index contributed by atoms with van der Waals surface area (Å²) in [5, 5.41) is 2.57. The maximum atomic E-state index is 11.7. The second kappa shape index (κ2) is 11.1. The summed E-state index contributed by atoms with van der Waals surface area (Å²) in [6.07, 6.45) is 0.713. The standard InChI is InChI=1S/C16H20BrNO5S/c1-11-8-12(17)5-6-13(11)24-10-16(21)23-9-14(19)18-7-3-4-15(20)22-2/h5-6,8H,3-4,7,9-10H2,1-2H3,(H,18,19). The third-order valence-electron chi connectivity index (χ3n) is 2.95. The van der Waals surface area contributed by atoms with E-state index in [1.54, 1.807) is 0 Å². The molecule has 0 heterocycles. The molecule has 0 saturated carbocycles. The number of amides is 1. The van der Waals surface area contributed by atoms with Gasteiger partial charge in [-0.2, -0.15) is 0 Å². The van der Waals surface area contributed by atoms with Crippen LogP contribution in [0.1, 0.15) is 18.4 Å². The molecule has 0 radical (unpaired) electrons. The molecule has 0 saturated heterocycles. The third kappa shape index (κ3) is 8.35. The quantitative estimate of drug-likeness (QED) is 0.377. The van der Waals surface area contributed by atoms with Crippen molar-refractivity contribution in [3.05, 3.63) is 28.2 Å². The van der Waals surface area contributed by atoms with Gasteiger partial charge in [0.15, 0.2) is 6.61 Å². The first-order chi connectivity index (χ1) is 11.4. The van der Waals surface area contributed by atoms with Crippen molar-refractivity contribution in [2.24, 2.45) is 0 Å². The molecule has 1 amide bonds. The molecular weight excluding hydrogens is 398 g/mol. The van der Waals surface area contributed by atoms with Crippen LogP contribution < -0.4 is 5.32 Å². The van der Waals surface area contributed by atoms with E-state index in [4.69, 9.17) is 4.74 Å². The van der Waals surface area contributed by atoms with Crippen LogP contribution in [0.15, 0.2) is 27.6 Å². The van der Waals surface area contributed by atoms with Crippen molar-refractivity contribution in [1.82, 2.24) is 5.32 Å². The minimum atomic E-state index is -0.452. The van der Waals surface area contributed by atoms with Crippen molar-refractivity contribution in [3.63, 3.8) is 0 Å². The van der Waals surface area contributed by atoms with Crippen LogP contribution in [-0.4, -0.2) is 43.9 Å². The fraction of sp³-hybridized carbons (Fsp3) is 0.438. The molecule has 0 aliphatic heterocycles. The minimum absolute atomic E-state index is 0.137. The highest BCUT2D eigenvalue weighted by Crippen LogP contribution is 2.25. The van der Waals surface area contributed by atoms with E-state index < -0.39 is 11.9 Å². The lowest BCUT2D eigenvalue weighted by molar-refractivity contribution is -0.145. The zero-order chi connectivity index (χ0) is 17.9. The first-order valence-corrected chi connectivity index (χ1v) is 9.08. The number of esters is 2. The molecule has 0 fully saturated rings. The minimum Gasteiger partial charge on any atom is -0.469 e. The molecule has 0 bridgehead atoms. The number of carbonyl (C=O) groups is 3. The van der Waals surface area contributed by atoms with Crippen LogP contribution in [0.4, 0.5) is 0 Å². The highest BCUT2D eigenvalue weighted by molar-refractivity contribution is 9.10. The summed E-state index contributed by atoms with van der Waals surface area (Å²) in [7, 11) is 1.31. The van der Waals surface area contributed by atoms with E-state index in [0.717, 1.165) is 14.9 Å². The van der Waals surface area contributed by atoms with E-state index in [0.29, 0.717) is 13.0 Å². The summed E-state index contributed by atoms with van der Waals surface area (Å²) in [5.74, 6) is -1.03. The Bertz CT molecular complexity index is 594. The van der Waals surface area contributed by atoms with Gasteiger partial charge in [-0.05, 0) is 37.1 Å². The fourth-order valence-corrected chi connectivity index (χ4v) is 3.00. The van der Waals surface area contributed by atoms with E-state index >= 15 is 0 Å². The highest BCUT2D eigenvalue weighted by atomic mass is 79.9. The number of aryl methyl sites for hydroxylation is 1. The van der Waals surface area contributed by atoms with Gasteiger partial charge < -0.3 is 14.8 Å². The second-order valence-corrected chi connectivity index (χ2v) is 6.82. The molecule has 6 nitrogen and oxygen atoms in total. The maximum Gasteiger partial charge on any atom is 0.316 e. The van der Waals surface area contributed by atoms with E-state index in [1.165, 1.54) is 18.9 Å². The number of benzene rings is 1. The first kappa shape index (κ1) is 20.5. The van der Waals surface area contributed by atoms with Crippen LogP contribution in [0.5, 0.6) is 0 Å². The summed E-state index contributed by atoms with van der Waals surface area (Å²) in [4.78, 5) is 35.1. The lowest BCUT2D eigenvalue weighted by Gasteiger charge is -2.07. The van der Waals surface area contributed by atoms with E-state index in [1.807, 2.05) is 25.1 Å². The summed E-state index contributed by atoms with van der Waals surface area (Å²) >= 11 is 4.75. The lowest BCUT2D eigenvalue weighted by Crippen LogP contribution is -2.30. The van der Waals surface area contributed by atoms with Crippen LogP contribution >= 0.6 is 27.7 Å². The maximum absolute atomic E-state index is 11.7. The van der Waals surface area contributed by atoms with E-state index in [-0.39, 0.29) is 24.7 Å². The van der Waals surface area contributed by atoms with Crippen LogP contribution in [0.2, 0.25) is 0 Å². The van der Waals surface area contributed by atoms with Crippen molar-refractivity contribution < 1.29 is 23.9 Å². The topological polar surface area (TPSA) is 81.7 Å². The van der Waals surface area contributed by atoms with Gasteiger partial charge in [-0.15, -0.1) is 11.8 Å². The molecule has 0 spiro atoms. The molecule has 0 atom stereocenters. The molecule has 24 heavy (non-hydrogen) atoms. The normalized spacial score (nSPS) is 10.1. The smallest absolute Gasteiger partial charge is 0.316 e. The fourth-order valence-electron chi connectivity index (χ4n) is 1.71. The molecular formula is C16H20BrNO5S. The van der Waals surface area contributed by atoms with Gasteiger partial charge in [-0.1, -0.05) is 15.9 Å². The molecule has 0 aliphatic rings. The van der Waals surface area contributed by atoms with Gasteiger partial charge >= 0.3 is 11.9 Å². The Labute approximate surface area is 153 Å². The number of ether oxygens (including phenoxy) is 2. The van der Waals surface area contributed by atoms with Gasteiger partial charge in [0, 0.05) is 22.3 Å². The zero-order valence-corrected chi connectivity index (χ0v) is 16.0. The Hall–Kier alpha value is -1.54. The Morgan fingerprint density at radius 2 is 2.00 bits per heavy atom. The SMILES string of the molecule is COC(=O)CCCNC(=O)COC(=O)CSc1ccc(Br)cc1C. The number of methoxy groups -OCH3 is 1. The van der Waals surface area contributed by atoms with Gasteiger partial charge in [0.05, 0.1) is 12.9 Å². The highest BCUT2D eigenvalue weighted by Gasteiger charge is 2.09. The number of nitrogens with one attached hydrogen (secondary N) is 1. The number of halogens is 1. The molecule has 1 aromatic rings. The lowest BCUT2D eigenvalue weighted by atomic mass is 10.2. The summed E-state index contributed by atoms with van der Waals surface area (Å²) in [5.41, 5.74) is 1.06. The summed E-state index contributed by atoms with van der Waals surface area (Å²) < 4.78 is 10.4. The van der Waals surface area contributed by atoms with Crippen LogP contribution in [0, 0.1) is 6.92 Å². The Morgan fingerprint density at radius 3 is 2.67 bits per heavy atom. The number of rotatable bonds is 9. The van der Waals surface area contributed by atoms with Crippen molar-refractivity contribution in [3.8, 4) is 0 Å². The van der Waals surface area contributed by atoms with Gasteiger partial charge in [0.25, 0.3) is 5.91 Å². The molecule has 0 aliphatic carbocycles. The van der Waals surface area contributed by atoms with E-state index in [9.17, 15) is 14.4 Å². The predicted octanol–water partition coefficient (Wildman–Crippen LogP) is 2.46. The number of hydrogen-bond acceptors (Lipinski definition) is 6. The van der Waals surface area contributed by atoms with Crippen molar-refractivity contribution in [2.45, 2.75) is 24.7 Å². The average Bonchev–Trinajstić information content (AvgIpc) is 2.55.